The van der Waals surface area contributed by atoms with Crippen LogP contribution in [0.2, 0.25) is 19.1 Å². The second kappa shape index (κ2) is 4.76. The van der Waals surface area contributed by atoms with E-state index >= 15 is 0 Å². The second-order valence-electron chi connectivity index (χ2n) is 5.49. The Hall–Kier alpha value is 0.0969. The molecule has 1 rings (SSSR count). The van der Waals surface area contributed by atoms with Gasteiger partial charge in [0.1, 0.15) is 5.60 Å². The van der Waals surface area contributed by atoms with E-state index in [2.05, 4.69) is 26.9 Å². The normalized spacial score (nSPS) is 26.6. The number of ether oxygens (including phenoxy) is 2. The molecule has 0 aromatic heterocycles. The molecular formula is C12H26O3Si. The Balaban J connectivity index is 2.92. The van der Waals surface area contributed by atoms with Crippen LogP contribution >= 0.6 is 0 Å². The maximum atomic E-state index is 6.27. The van der Waals surface area contributed by atoms with Crippen LogP contribution in [0.1, 0.15) is 34.1 Å². The summed E-state index contributed by atoms with van der Waals surface area (Å²) >= 11 is 0. The molecule has 0 aliphatic carbocycles. The van der Waals surface area contributed by atoms with Gasteiger partial charge in [-0.15, -0.1) is 0 Å². The van der Waals surface area contributed by atoms with Crippen LogP contribution in [-0.4, -0.2) is 32.9 Å². The fourth-order valence-corrected chi connectivity index (χ4v) is 5.16. The van der Waals surface area contributed by atoms with Gasteiger partial charge in [-0.1, -0.05) is 0 Å². The fourth-order valence-electron chi connectivity index (χ4n) is 2.59. The lowest BCUT2D eigenvalue weighted by molar-refractivity contribution is -0.312. The van der Waals surface area contributed by atoms with E-state index < -0.39 is 14.1 Å². The monoisotopic (exact) mass is 246 g/mol. The average molecular weight is 246 g/mol. The predicted molar refractivity (Wildman–Crippen MR) is 68.1 cm³/mol. The van der Waals surface area contributed by atoms with Gasteiger partial charge in [-0.3, -0.25) is 0 Å². The summed E-state index contributed by atoms with van der Waals surface area (Å²) < 4.78 is 18.1. The van der Waals surface area contributed by atoms with E-state index in [1.54, 1.807) is 0 Å². The zero-order valence-corrected chi connectivity index (χ0v) is 12.6. The molecule has 0 saturated carbocycles. The molecule has 0 unspecified atom stereocenters. The molecule has 1 aliphatic rings. The molecule has 0 radical (unpaired) electrons. The fraction of sp³-hybridized carbons (Fsp3) is 1.00. The van der Waals surface area contributed by atoms with Crippen molar-refractivity contribution in [2.75, 3.05) is 13.2 Å². The maximum Gasteiger partial charge on any atom is 0.195 e. The summed E-state index contributed by atoms with van der Waals surface area (Å²) in [5.41, 5.74) is -0.354. The summed E-state index contributed by atoms with van der Waals surface area (Å²) in [6.07, 6.45) is 0.945. The van der Waals surface area contributed by atoms with Gasteiger partial charge in [0, 0.05) is 19.6 Å². The van der Waals surface area contributed by atoms with Gasteiger partial charge < -0.3 is 13.9 Å². The third-order valence-electron chi connectivity index (χ3n) is 3.26. The Morgan fingerprint density at radius 2 is 1.62 bits per heavy atom. The molecule has 1 aliphatic heterocycles. The van der Waals surface area contributed by atoms with Gasteiger partial charge >= 0.3 is 0 Å². The molecular weight excluding hydrogens is 220 g/mol. The molecule has 0 aromatic rings. The van der Waals surface area contributed by atoms with Gasteiger partial charge in [0.25, 0.3) is 0 Å². The summed E-state index contributed by atoms with van der Waals surface area (Å²) in [6.45, 7) is 14.0. The van der Waals surface area contributed by atoms with Crippen LogP contribution < -0.4 is 0 Å². The summed E-state index contributed by atoms with van der Waals surface area (Å²) in [5.74, 6) is -0.557. The second-order valence-corrected chi connectivity index (χ2v) is 9.71. The Labute approximate surface area is 101 Å². The summed E-state index contributed by atoms with van der Waals surface area (Å²) in [4.78, 5) is 0. The van der Waals surface area contributed by atoms with E-state index in [-0.39, 0.29) is 5.60 Å². The maximum absolute atomic E-state index is 6.27. The highest BCUT2D eigenvalue weighted by Crippen LogP contribution is 2.43. The standard InChI is InChI=1S/C12H26O3Si/c1-7-13-12(14-8-2)9-10-16(5,6)15-11(12,3)4/h7-10H2,1-6H3. The van der Waals surface area contributed by atoms with Gasteiger partial charge in [0.2, 0.25) is 0 Å². The quantitative estimate of drug-likeness (QED) is 0.563. The minimum absolute atomic E-state index is 0.354. The first kappa shape index (κ1) is 14.2. The highest BCUT2D eigenvalue weighted by Gasteiger charge is 2.54. The van der Waals surface area contributed by atoms with Gasteiger partial charge in [-0.25, -0.2) is 0 Å². The third kappa shape index (κ3) is 2.67. The van der Waals surface area contributed by atoms with Crippen molar-refractivity contribution in [2.45, 2.75) is 64.6 Å². The number of rotatable bonds is 4. The van der Waals surface area contributed by atoms with Crippen LogP contribution in [-0.2, 0) is 13.9 Å². The largest absolute Gasteiger partial charge is 0.407 e. The molecule has 1 saturated heterocycles. The Morgan fingerprint density at radius 3 is 2.00 bits per heavy atom. The zero-order valence-electron chi connectivity index (χ0n) is 11.6. The van der Waals surface area contributed by atoms with E-state index in [0.29, 0.717) is 13.2 Å². The summed E-state index contributed by atoms with van der Waals surface area (Å²) in [6, 6.07) is 1.09. The summed E-state index contributed by atoms with van der Waals surface area (Å²) in [5, 5.41) is 0. The Kier molecular flexibility index (Phi) is 4.22. The van der Waals surface area contributed by atoms with Gasteiger partial charge in [-0.2, -0.15) is 0 Å². The Bertz CT molecular complexity index is 232. The summed E-state index contributed by atoms with van der Waals surface area (Å²) in [7, 11) is -1.53. The van der Waals surface area contributed by atoms with Crippen molar-refractivity contribution in [3.8, 4) is 0 Å². The zero-order chi connectivity index (χ0) is 12.4. The number of hydrogen-bond donors (Lipinski definition) is 0. The molecule has 0 aromatic carbocycles. The van der Waals surface area contributed by atoms with Crippen molar-refractivity contribution in [2.24, 2.45) is 0 Å². The molecule has 4 heteroatoms. The minimum Gasteiger partial charge on any atom is -0.407 e. The average Bonchev–Trinajstić information content (AvgIpc) is 2.11. The van der Waals surface area contributed by atoms with Crippen molar-refractivity contribution in [3.63, 3.8) is 0 Å². The van der Waals surface area contributed by atoms with E-state index in [1.807, 2.05) is 13.8 Å². The highest BCUT2D eigenvalue weighted by molar-refractivity contribution is 6.71. The first-order valence-corrected chi connectivity index (χ1v) is 9.38. The predicted octanol–water partition coefficient (Wildman–Crippen LogP) is 3.16. The SMILES string of the molecule is CCOC1(OCC)CC[Si](C)(C)OC1(C)C. The van der Waals surface area contributed by atoms with Crippen molar-refractivity contribution >= 4 is 8.32 Å². The molecule has 0 bridgehead atoms. The highest BCUT2D eigenvalue weighted by atomic mass is 28.4. The minimum atomic E-state index is -1.53. The lowest BCUT2D eigenvalue weighted by Crippen LogP contribution is -2.63. The lowest BCUT2D eigenvalue weighted by atomic mass is 9.94. The van der Waals surface area contributed by atoms with E-state index in [1.165, 1.54) is 0 Å². The lowest BCUT2D eigenvalue weighted by Gasteiger charge is -2.53. The van der Waals surface area contributed by atoms with E-state index in [0.717, 1.165) is 12.5 Å². The first-order chi connectivity index (χ1) is 7.29. The van der Waals surface area contributed by atoms with Crippen LogP contribution in [0.4, 0.5) is 0 Å². The van der Waals surface area contributed by atoms with Gasteiger partial charge in [0.15, 0.2) is 14.1 Å². The molecule has 1 heterocycles. The molecule has 0 N–H and O–H groups in total. The topological polar surface area (TPSA) is 27.7 Å². The van der Waals surface area contributed by atoms with Crippen LogP contribution in [0.25, 0.3) is 0 Å². The molecule has 0 amide bonds. The van der Waals surface area contributed by atoms with Crippen LogP contribution in [0, 0.1) is 0 Å². The van der Waals surface area contributed by atoms with Gasteiger partial charge in [0.05, 0.1) is 0 Å². The van der Waals surface area contributed by atoms with Crippen molar-refractivity contribution in [1.29, 1.82) is 0 Å². The Morgan fingerprint density at radius 1 is 1.12 bits per heavy atom. The van der Waals surface area contributed by atoms with Crippen LogP contribution in [0.15, 0.2) is 0 Å². The molecule has 3 nitrogen and oxygen atoms in total. The van der Waals surface area contributed by atoms with Crippen LogP contribution in [0.3, 0.4) is 0 Å². The van der Waals surface area contributed by atoms with Crippen molar-refractivity contribution in [3.05, 3.63) is 0 Å². The molecule has 16 heavy (non-hydrogen) atoms. The number of hydrogen-bond acceptors (Lipinski definition) is 3. The van der Waals surface area contributed by atoms with Gasteiger partial charge in [-0.05, 0) is 46.8 Å². The molecule has 0 atom stereocenters. The third-order valence-corrected chi connectivity index (χ3v) is 5.78. The molecule has 0 spiro atoms. The van der Waals surface area contributed by atoms with E-state index in [4.69, 9.17) is 13.9 Å². The van der Waals surface area contributed by atoms with Crippen molar-refractivity contribution in [1.82, 2.24) is 0 Å². The first-order valence-electron chi connectivity index (χ1n) is 6.27. The van der Waals surface area contributed by atoms with Crippen molar-refractivity contribution < 1.29 is 13.9 Å². The smallest absolute Gasteiger partial charge is 0.195 e. The molecule has 1 fully saturated rings. The van der Waals surface area contributed by atoms with Crippen LogP contribution in [0.5, 0.6) is 0 Å². The van der Waals surface area contributed by atoms with E-state index in [9.17, 15) is 0 Å². The molecule has 96 valence electrons.